The Labute approximate surface area is 129 Å². The van der Waals surface area contributed by atoms with Gasteiger partial charge in [0, 0.05) is 25.1 Å². The van der Waals surface area contributed by atoms with E-state index in [1.165, 1.54) is 12.1 Å². The Morgan fingerprint density at radius 3 is 2.91 bits per heavy atom. The Kier molecular flexibility index (Phi) is 3.77. The predicted octanol–water partition coefficient (Wildman–Crippen LogP) is 3.67. The lowest BCUT2D eigenvalue weighted by molar-refractivity contribution is -0.136. The molecule has 0 atom stereocenters. The minimum absolute atomic E-state index is 0.0205. The lowest BCUT2D eigenvalue weighted by Crippen LogP contribution is -2.43. The average molecular weight is 301 g/mol. The second kappa shape index (κ2) is 5.59. The largest absolute Gasteiger partial charge is 0.469 e. The Bertz CT molecular complexity index is 690. The van der Waals surface area contributed by atoms with Crippen LogP contribution in [0.1, 0.15) is 37.2 Å². The number of hydrogen-bond donors (Lipinski definition) is 0. The smallest absolute Gasteiger partial charge is 0.232 e. The van der Waals surface area contributed by atoms with Gasteiger partial charge in [-0.05, 0) is 44.0 Å². The summed E-state index contributed by atoms with van der Waals surface area (Å²) in [7, 11) is 0. The highest BCUT2D eigenvalue weighted by atomic mass is 19.1. The van der Waals surface area contributed by atoms with Gasteiger partial charge in [0.2, 0.25) is 5.91 Å². The van der Waals surface area contributed by atoms with E-state index in [9.17, 15) is 9.18 Å². The van der Waals surface area contributed by atoms with Crippen LogP contribution in [0.2, 0.25) is 0 Å². The first-order valence-corrected chi connectivity index (χ1v) is 7.59. The van der Waals surface area contributed by atoms with Gasteiger partial charge >= 0.3 is 0 Å². The van der Waals surface area contributed by atoms with E-state index >= 15 is 0 Å². The maximum absolute atomic E-state index is 13.5. The first kappa shape index (κ1) is 14.8. The molecule has 0 spiro atoms. The van der Waals surface area contributed by atoms with Crippen molar-refractivity contribution >= 4 is 5.91 Å². The minimum Gasteiger partial charge on any atom is -0.469 e. The summed E-state index contributed by atoms with van der Waals surface area (Å²) in [6.07, 6.45) is 3.41. The van der Waals surface area contributed by atoms with E-state index in [0.717, 1.165) is 24.2 Å². The van der Waals surface area contributed by atoms with Crippen molar-refractivity contribution in [3.63, 3.8) is 0 Å². The molecule has 2 heterocycles. The van der Waals surface area contributed by atoms with Crippen LogP contribution >= 0.6 is 0 Å². The van der Waals surface area contributed by atoms with Crippen LogP contribution in [0.25, 0.3) is 0 Å². The van der Waals surface area contributed by atoms with Crippen molar-refractivity contribution in [2.75, 3.05) is 6.54 Å². The van der Waals surface area contributed by atoms with Gasteiger partial charge in [0.25, 0.3) is 0 Å². The molecule has 1 aliphatic rings. The number of carbonyl (C=O) groups excluding carboxylic acids is 1. The molecule has 0 N–H and O–H groups in total. The fourth-order valence-corrected chi connectivity index (χ4v) is 3.01. The molecule has 3 rings (SSSR count). The summed E-state index contributed by atoms with van der Waals surface area (Å²) in [4.78, 5) is 14.8. The fraction of sp³-hybridized carbons (Fsp3) is 0.389. The van der Waals surface area contributed by atoms with Crippen LogP contribution in [0, 0.1) is 5.82 Å². The maximum Gasteiger partial charge on any atom is 0.232 e. The topological polar surface area (TPSA) is 33.5 Å². The first-order chi connectivity index (χ1) is 10.5. The average Bonchev–Trinajstić information content (AvgIpc) is 2.83. The zero-order chi connectivity index (χ0) is 15.7. The number of hydrogen-bond acceptors (Lipinski definition) is 2. The van der Waals surface area contributed by atoms with Crippen molar-refractivity contribution in [3.05, 3.63) is 59.3 Å². The summed E-state index contributed by atoms with van der Waals surface area (Å²) in [5, 5.41) is 0. The Balaban J connectivity index is 1.86. The molecule has 0 aliphatic carbocycles. The predicted molar refractivity (Wildman–Crippen MR) is 81.9 cm³/mol. The first-order valence-electron chi connectivity index (χ1n) is 7.59. The fourth-order valence-electron chi connectivity index (χ4n) is 3.01. The van der Waals surface area contributed by atoms with Crippen LogP contribution in [-0.2, 0) is 23.2 Å². The van der Waals surface area contributed by atoms with Gasteiger partial charge in [0.15, 0.2) is 0 Å². The summed E-state index contributed by atoms with van der Waals surface area (Å²) in [5.41, 5.74) is 1.02. The lowest BCUT2D eigenvalue weighted by Gasteiger charge is -2.31. The van der Waals surface area contributed by atoms with Crippen molar-refractivity contribution in [2.24, 2.45) is 0 Å². The van der Waals surface area contributed by atoms with Crippen LogP contribution in [-0.4, -0.2) is 17.4 Å². The van der Waals surface area contributed by atoms with E-state index in [0.29, 0.717) is 18.7 Å². The van der Waals surface area contributed by atoms with Gasteiger partial charge in [0.05, 0.1) is 11.7 Å². The molecule has 0 bridgehead atoms. The molecule has 1 aliphatic heterocycles. The molecule has 116 valence electrons. The van der Waals surface area contributed by atoms with E-state index in [1.54, 1.807) is 12.3 Å². The molecule has 1 amide bonds. The van der Waals surface area contributed by atoms with E-state index in [2.05, 4.69) is 0 Å². The number of rotatable bonds is 2. The van der Waals surface area contributed by atoms with Crippen molar-refractivity contribution < 1.29 is 13.6 Å². The van der Waals surface area contributed by atoms with Gasteiger partial charge < -0.3 is 9.32 Å². The van der Waals surface area contributed by atoms with Crippen LogP contribution in [0.3, 0.4) is 0 Å². The lowest BCUT2D eigenvalue weighted by atomic mass is 9.83. The minimum atomic E-state index is -0.754. The quantitative estimate of drug-likeness (QED) is 0.848. The molecule has 0 saturated heterocycles. The third kappa shape index (κ3) is 2.65. The van der Waals surface area contributed by atoms with Crippen molar-refractivity contribution in [2.45, 2.75) is 38.6 Å². The normalized spacial score (nSPS) is 15.3. The molecule has 4 heteroatoms. The SMILES string of the molecule is CC(C)(C(=O)N1CCCc2occc2C1)c1cccc(F)c1. The molecule has 22 heavy (non-hydrogen) atoms. The number of halogens is 1. The molecule has 3 nitrogen and oxygen atoms in total. The van der Waals surface area contributed by atoms with Gasteiger partial charge in [-0.25, -0.2) is 4.39 Å². The third-order valence-corrected chi connectivity index (χ3v) is 4.40. The monoisotopic (exact) mass is 301 g/mol. The Hall–Kier alpha value is -2.10. The Morgan fingerprint density at radius 2 is 2.14 bits per heavy atom. The van der Waals surface area contributed by atoms with E-state index in [4.69, 9.17) is 4.42 Å². The summed E-state index contributed by atoms with van der Waals surface area (Å²) >= 11 is 0. The molecule has 1 aromatic carbocycles. The number of carbonyl (C=O) groups is 1. The van der Waals surface area contributed by atoms with Gasteiger partial charge in [-0.3, -0.25) is 4.79 Å². The van der Waals surface area contributed by atoms with Crippen LogP contribution < -0.4 is 0 Å². The number of furan rings is 1. The van der Waals surface area contributed by atoms with E-state index < -0.39 is 5.41 Å². The zero-order valence-corrected chi connectivity index (χ0v) is 12.9. The van der Waals surface area contributed by atoms with E-state index in [-0.39, 0.29) is 11.7 Å². The van der Waals surface area contributed by atoms with Crippen LogP contribution in [0.4, 0.5) is 4.39 Å². The highest BCUT2D eigenvalue weighted by Crippen LogP contribution is 2.29. The zero-order valence-electron chi connectivity index (χ0n) is 12.9. The maximum atomic E-state index is 13.5. The second-order valence-electron chi connectivity index (χ2n) is 6.33. The van der Waals surface area contributed by atoms with Crippen LogP contribution in [0.15, 0.2) is 41.0 Å². The summed E-state index contributed by atoms with van der Waals surface area (Å²) in [5.74, 6) is 0.678. The summed E-state index contributed by atoms with van der Waals surface area (Å²) in [6, 6.07) is 8.22. The highest BCUT2D eigenvalue weighted by Gasteiger charge is 2.35. The molecule has 1 aromatic heterocycles. The van der Waals surface area contributed by atoms with Gasteiger partial charge in [0.1, 0.15) is 11.6 Å². The second-order valence-corrected chi connectivity index (χ2v) is 6.33. The number of amides is 1. The number of nitrogens with zero attached hydrogens (tertiary/aromatic N) is 1. The number of aryl methyl sites for hydroxylation is 1. The van der Waals surface area contributed by atoms with Crippen molar-refractivity contribution in [3.8, 4) is 0 Å². The molecule has 0 saturated carbocycles. The number of fused-ring (bicyclic) bond motifs is 1. The third-order valence-electron chi connectivity index (χ3n) is 4.40. The van der Waals surface area contributed by atoms with Gasteiger partial charge in [-0.1, -0.05) is 12.1 Å². The summed E-state index contributed by atoms with van der Waals surface area (Å²) in [6.45, 7) is 4.96. The Morgan fingerprint density at radius 1 is 1.32 bits per heavy atom. The molecule has 0 fully saturated rings. The highest BCUT2D eigenvalue weighted by molar-refractivity contribution is 5.87. The summed E-state index contributed by atoms with van der Waals surface area (Å²) < 4.78 is 18.9. The van der Waals surface area contributed by atoms with Crippen molar-refractivity contribution in [1.82, 2.24) is 4.90 Å². The molecule has 2 aromatic rings. The van der Waals surface area contributed by atoms with Crippen molar-refractivity contribution in [1.29, 1.82) is 0 Å². The molecular formula is C18H20FNO2. The van der Waals surface area contributed by atoms with E-state index in [1.807, 2.05) is 30.9 Å². The standard InChI is InChI=1S/C18H20FNO2/c1-18(2,14-5-3-6-15(19)11-14)17(21)20-9-4-7-16-13(12-20)8-10-22-16/h3,5-6,8,10-11H,4,7,9,12H2,1-2H3. The van der Waals surface area contributed by atoms with Crippen LogP contribution in [0.5, 0.6) is 0 Å². The molecular weight excluding hydrogens is 281 g/mol. The molecule has 0 unspecified atom stereocenters. The number of benzene rings is 1. The van der Waals surface area contributed by atoms with Gasteiger partial charge in [-0.2, -0.15) is 0 Å². The van der Waals surface area contributed by atoms with Gasteiger partial charge in [-0.15, -0.1) is 0 Å². The molecule has 0 radical (unpaired) electrons.